The van der Waals surface area contributed by atoms with Crippen LogP contribution in [0.2, 0.25) is 0 Å². The second kappa shape index (κ2) is 11.0. The topological polar surface area (TPSA) is 97.0 Å². The molecule has 1 N–H and O–H groups in total. The van der Waals surface area contributed by atoms with Crippen molar-refractivity contribution in [3.05, 3.63) is 24.3 Å². The van der Waals surface area contributed by atoms with Gasteiger partial charge in [-0.15, -0.1) is 13.1 Å². The summed E-state index contributed by atoms with van der Waals surface area (Å²) in [7, 11) is 7.26. The van der Waals surface area contributed by atoms with E-state index in [1.54, 1.807) is 18.3 Å². The molecule has 0 radical (unpaired) electrons. The Kier molecular flexibility index (Phi) is 9.74. The molecule has 2 rings (SSSR count). The third kappa shape index (κ3) is 6.63. The molecule has 7 nitrogen and oxygen atoms in total. The fourth-order valence-electron chi connectivity index (χ4n) is 1.44. The Morgan fingerprint density at radius 2 is 2.00 bits per heavy atom. The Bertz CT molecular complexity index is 777. The first-order valence-corrected chi connectivity index (χ1v) is 11.4. The molecule has 1 heterocycles. The Morgan fingerprint density at radius 3 is 2.54 bits per heavy atom. The molecule has 1 atom stereocenters. The first kappa shape index (κ1) is 21.3. The van der Waals surface area contributed by atoms with E-state index < -0.39 is 10.0 Å². The van der Waals surface area contributed by atoms with Gasteiger partial charge >= 0.3 is 33.2 Å². The van der Waals surface area contributed by atoms with Gasteiger partial charge in [0.15, 0.2) is 10.0 Å². The van der Waals surface area contributed by atoms with Gasteiger partial charge in [0.2, 0.25) is 5.82 Å². The third-order valence-corrected chi connectivity index (χ3v) is 4.22. The van der Waals surface area contributed by atoms with Crippen molar-refractivity contribution in [2.24, 2.45) is 9.36 Å². The van der Waals surface area contributed by atoms with E-state index in [0.29, 0.717) is 18.6 Å². The molecule has 0 saturated heterocycles. The molecule has 0 fully saturated rings. The number of hydrogen-bond acceptors (Lipinski definition) is 7. The monoisotopic (exact) mass is 455 g/mol. The molecule has 1 aromatic heterocycles. The summed E-state index contributed by atoms with van der Waals surface area (Å²) in [6.45, 7) is 1.98. The van der Waals surface area contributed by atoms with E-state index >= 15 is 0 Å². The molecule has 12 heteroatoms. The predicted octanol–water partition coefficient (Wildman–Crippen LogP) is 4.67. The number of hydrogen-bond donors (Lipinski definition) is 1. The molecule has 24 heavy (non-hydrogen) atoms. The van der Waals surface area contributed by atoms with Crippen molar-refractivity contribution < 1.29 is 26.4 Å². The Morgan fingerprint density at radius 1 is 1.38 bits per heavy atom. The maximum absolute atomic E-state index is 12.3. The average molecular weight is 456 g/mol. The molecule has 1 aromatic carbocycles. The van der Waals surface area contributed by atoms with E-state index in [4.69, 9.17) is 25.0 Å². The number of halogens is 2. The molecule has 2 aromatic rings. The molecule has 0 aliphatic rings. The standard InChI is InChI=1S/C12H14N4O3S2.2ClH.Co/c1-3-8-13-9-4-6-10(7-5-9)21(17,18)16-11-12(19-2)15-20-14-11;;;/h4-8H,3H2,1-2H3,(H,14,16,17,18);2*1H;/q;;;+2/p-2. The summed E-state index contributed by atoms with van der Waals surface area (Å²) in [6, 6.07) is 6.34. The number of aliphatic imine (C=N–C) groups is 1. The van der Waals surface area contributed by atoms with Gasteiger partial charge in [0.25, 0.3) is 5.88 Å². The summed E-state index contributed by atoms with van der Waals surface area (Å²) in [4.78, 5) is 4.35. The van der Waals surface area contributed by atoms with Crippen molar-refractivity contribution in [1.29, 1.82) is 0 Å². The van der Waals surface area contributed by atoms with Crippen molar-refractivity contribution in [1.82, 2.24) is 8.75 Å². The molecule has 0 bridgehead atoms. The van der Waals surface area contributed by atoms with Crippen LogP contribution in [0.3, 0.4) is 0 Å². The van der Waals surface area contributed by atoms with Crippen LogP contribution in [-0.4, -0.2) is 30.8 Å². The Labute approximate surface area is 159 Å². The number of aromatic nitrogens is 2. The van der Waals surface area contributed by atoms with Gasteiger partial charge in [-0.2, -0.15) is 0 Å². The van der Waals surface area contributed by atoms with Gasteiger partial charge in [-0.05, 0) is 30.7 Å². The summed E-state index contributed by atoms with van der Waals surface area (Å²) in [6.07, 6.45) is 2.59. The van der Waals surface area contributed by atoms with Crippen LogP contribution in [0.5, 0.6) is 5.88 Å². The van der Waals surface area contributed by atoms with Gasteiger partial charge in [-0.3, -0.25) is 9.55 Å². The fraction of sp³-hybridized carbons (Fsp3) is 0.250. The molecule has 0 aliphatic heterocycles. The quantitative estimate of drug-likeness (QED) is 0.660. The van der Waals surface area contributed by atoms with E-state index in [9.17, 15) is 8.76 Å². The number of methoxy groups -OCH3 is 1. The zero-order valence-electron chi connectivity index (χ0n) is 12.6. The van der Waals surface area contributed by atoms with Crippen molar-refractivity contribution in [3.8, 4) is 5.88 Å². The van der Waals surface area contributed by atoms with E-state index in [0.717, 1.165) is 18.1 Å². The van der Waals surface area contributed by atoms with Crippen LogP contribution in [0, 0.1) is 0 Å². The maximum atomic E-state index is 12.3. The second-order valence-electron chi connectivity index (χ2n) is 3.95. The summed E-state index contributed by atoms with van der Waals surface area (Å²) in [5.41, 5.74) is 0.712. The molecular formula is C12H14Cl2CoN4O3S2. The third-order valence-electron chi connectivity index (χ3n) is 2.41. The normalized spacial score (nSPS) is 13.2. The molecule has 0 spiro atoms. The molecule has 135 valence electrons. The van der Waals surface area contributed by atoms with Gasteiger partial charge in [-0.25, -0.2) is 4.21 Å². The zero-order chi connectivity index (χ0) is 18.0. The molecule has 1 unspecified atom stereocenters. The fourth-order valence-corrected chi connectivity index (χ4v) is 2.90. The van der Waals surface area contributed by atoms with Crippen LogP contribution in [0.1, 0.15) is 13.3 Å². The number of nitrogens with zero attached hydrogens (tertiary/aromatic N) is 4. The zero-order valence-corrected chi connectivity index (χ0v) is 16.7. The van der Waals surface area contributed by atoms with E-state index in [-0.39, 0.29) is 16.6 Å². The molecule has 0 aliphatic carbocycles. The van der Waals surface area contributed by atoms with Gasteiger partial charge in [0.05, 0.1) is 29.4 Å². The van der Waals surface area contributed by atoms with Crippen molar-refractivity contribution >= 4 is 59.8 Å². The minimum absolute atomic E-state index is 0.0167. The minimum atomic E-state index is -3.61. The molecular weight excluding hydrogens is 442 g/mol. The summed E-state index contributed by atoms with van der Waals surface area (Å²) < 4.78 is 38.6. The number of ether oxygens (including phenoxy) is 1. The van der Waals surface area contributed by atoms with E-state index in [1.165, 1.54) is 19.2 Å². The Balaban J connectivity index is 0.000000891. The van der Waals surface area contributed by atoms with Gasteiger partial charge in [0.1, 0.15) is 0 Å². The molecule has 0 saturated carbocycles. The number of benzene rings is 1. The van der Waals surface area contributed by atoms with Crippen LogP contribution >= 0.6 is 32.0 Å². The van der Waals surface area contributed by atoms with Crippen LogP contribution in [0.15, 0.2) is 38.5 Å². The predicted molar refractivity (Wildman–Crippen MR) is 94.2 cm³/mol. The first-order chi connectivity index (χ1) is 11.5. The van der Waals surface area contributed by atoms with Crippen LogP contribution < -0.4 is 4.74 Å². The van der Waals surface area contributed by atoms with Gasteiger partial charge in [0, 0.05) is 6.21 Å². The SMILES string of the molecule is CCC=Nc1ccc(S(=O)(O)=Nc2nsnc2OC)cc1.[Cl][Co][Cl]. The first-order valence-electron chi connectivity index (χ1n) is 6.30. The summed E-state index contributed by atoms with van der Waals surface area (Å²) >= 11 is 1.25. The number of rotatable bonds is 5. The van der Waals surface area contributed by atoms with Crippen LogP contribution in [0.25, 0.3) is 0 Å². The van der Waals surface area contributed by atoms with E-state index in [2.05, 4.69) is 18.1 Å². The van der Waals surface area contributed by atoms with E-state index in [1.807, 2.05) is 6.92 Å². The van der Waals surface area contributed by atoms with Crippen molar-refractivity contribution in [3.63, 3.8) is 0 Å². The second-order valence-corrected chi connectivity index (χ2v) is 7.84. The van der Waals surface area contributed by atoms with Crippen LogP contribution in [-0.2, 0) is 22.9 Å². The summed E-state index contributed by atoms with van der Waals surface area (Å²) in [5.74, 6) is 0.147. The van der Waals surface area contributed by atoms with Gasteiger partial charge in [-0.1, -0.05) is 6.92 Å². The average Bonchev–Trinajstić information content (AvgIpc) is 3.00. The Hall–Kier alpha value is -0.754. The van der Waals surface area contributed by atoms with Crippen LogP contribution in [0.4, 0.5) is 11.5 Å². The van der Waals surface area contributed by atoms with Crippen molar-refractivity contribution in [2.45, 2.75) is 18.2 Å². The van der Waals surface area contributed by atoms with Gasteiger partial charge < -0.3 is 4.74 Å². The van der Waals surface area contributed by atoms with Crippen molar-refractivity contribution in [2.75, 3.05) is 7.11 Å². The summed E-state index contributed by atoms with van der Waals surface area (Å²) in [5, 5.41) is 0. The molecule has 0 amide bonds.